The van der Waals surface area contributed by atoms with E-state index in [4.69, 9.17) is 9.47 Å². The largest absolute Gasteiger partial charge is 0.490 e. The highest BCUT2D eigenvalue weighted by molar-refractivity contribution is 5.81. The van der Waals surface area contributed by atoms with Gasteiger partial charge in [-0.3, -0.25) is 4.79 Å². The van der Waals surface area contributed by atoms with Crippen molar-refractivity contribution >= 4 is 5.91 Å². The van der Waals surface area contributed by atoms with Crippen LogP contribution in [-0.2, 0) is 9.53 Å². The summed E-state index contributed by atoms with van der Waals surface area (Å²) in [7, 11) is 0. The van der Waals surface area contributed by atoms with Gasteiger partial charge in [0.25, 0.3) is 5.91 Å². The zero-order valence-corrected chi connectivity index (χ0v) is 14.0. The van der Waals surface area contributed by atoms with Crippen LogP contribution in [-0.4, -0.2) is 55.8 Å². The molecule has 1 atom stereocenters. The molecule has 2 heterocycles. The summed E-state index contributed by atoms with van der Waals surface area (Å²) in [5.74, 6) is 1.11. The molecular formula is C18H26N2O3. The van der Waals surface area contributed by atoms with Crippen molar-refractivity contribution in [3.63, 3.8) is 0 Å². The number of carbonyl (C=O) groups is 1. The SMILES string of the molecule is Cc1cccc(C)c1OC1CCN(C(=O)[C@H]2CNCCO2)CC1. The van der Waals surface area contributed by atoms with Gasteiger partial charge in [0.05, 0.1) is 6.61 Å². The van der Waals surface area contributed by atoms with E-state index in [1.807, 2.05) is 4.90 Å². The fourth-order valence-corrected chi connectivity index (χ4v) is 3.27. The maximum atomic E-state index is 12.4. The molecule has 0 unspecified atom stereocenters. The van der Waals surface area contributed by atoms with Crippen molar-refractivity contribution in [1.82, 2.24) is 10.2 Å². The summed E-state index contributed by atoms with van der Waals surface area (Å²) >= 11 is 0. The second-order valence-corrected chi connectivity index (χ2v) is 6.43. The van der Waals surface area contributed by atoms with Crippen LogP contribution in [0.25, 0.3) is 0 Å². The highest BCUT2D eigenvalue weighted by Crippen LogP contribution is 2.26. The summed E-state index contributed by atoms with van der Waals surface area (Å²) in [6.45, 7) is 7.71. The molecule has 3 rings (SSSR count). The number of hydrogen-bond donors (Lipinski definition) is 1. The van der Waals surface area contributed by atoms with Crippen LogP contribution in [0.4, 0.5) is 0 Å². The predicted octanol–water partition coefficient (Wildman–Crippen LogP) is 1.66. The number of carbonyl (C=O) groups excluding carboxylic acids is 1. The zero-order valence-electron chi connectivity index (χ0n) is 14.0. The molecule has 2 saturated heterocycles. The van der Waals surface area contributed by atoms with Crippen LogP contribution >= 0.6 is 0 Å². The number of amides is 1. The monoisotopic (exact) mass is 318 g/mol. The molecule has 0 radical (unpaired) electrons. The van der Waals surface area contributed by atoms with E-state index in [0.717, 1.165) is 38.2 Å². The average molecular weight is 318 g/mol. The number of piperidine rings is 1. The molecule has 2 aliphatic heterocycles. The highest BCUT2D eigenvalue weighted by atomic mass is 16.5. The van der Waals surface area contributed by atoms with Gasteiger partial charge in [-0.1, -0.05) is 18.2 Å². The average Bonchev–Trinajstić information content (AvgIpc) is 2.59. The van der Waals surface area contributed by atoms with Crippen LogP contribution in [0.3, 0.4) is 0 Å². The van der Waals surface area contributed by atoms with Gasteiger partial charge in [-0.2, -0.15) is 0 Å². The molecule has 2 fully saturated rings. The van der Waals surface area contributed by atoms with E-state index in [0.29, 0.717) is 13.2 Å². The summed E-state index contributed by atoms with van der Waals surface area (Å²) in [6.07, 6.45) is 1.61. The van der Waals surface area contributed by atoms with Crippen molar-refractivity contribution in [2.24, 2.45) is 0 Å². The van der Waals surface area contributed by atoms with Crippen LogP contribution in [0.2, 0.25) is 0 Å². The Hall–Kier alpha value is -1.59. The first-order valence-corrected chi connectivity index (χ1v) is 8.49. The Bertz CT molecular complexity index is 527. The molecule has 0 spiro atoms. The van der Waals surface area contributed by atoms with Gasteiger partial charge in [0.15, 0.2) is 0 Å². The molecule has 5 nitrogen and oxygen atoms in total. The predicted molar refractivity (Wildman–Crippen MR) is 88.8 cm³/mol. The van der Waals surface area contributed by atoms with Gasteiger partial charge in [0.2, 0.25) is 0 Å². The number of rotatable bonds is 3. The fraction of sp³-hybridized carbons (Fsp3) is 0.611. The van der Waals surface area contributed by atoms with Gasteiger partial charge in [-0.25, -0.2) is 0 Å². The molecule has 0 aliphatic carbocycles. The number of ether oxygens (including phenoxy) is 2. The number of nitrogens with one attached hydrogen (secondary N) is 1. The number of likely N-dealkylation sites (tertiary alicyclic amines) is 1. The van der Waals surface area contributed by atoms with Crippen LogP contribution in [0.1, 0.15) is 24.0 Å². The first kappa shape index (κ1) is 16.3. The third-order valence-corrected chi connectivity index (χ3v) is 4.65. The highest BCUT2D eigenvalue weighted by Gasteiger charge is 2.30. The minimum atomic E-state index is -0.320. The Balaban J connectivity index is 1.53. The van der Waals surface area contributed by atoms with Gasteiger partial charge >= 0.3 is 0 Å². The van der Waals surface area contributed by atoms with Crippen LogP contribution < -0.4 is 10.1 Å². The lowest BCUT2D eigenvalue weighted by Crippen LogP contribution is -2.52. The summed E-state index contributed by atoms with van der Waals surface area (Å²) in [5, 5.41) is 3.21. The number of hydrogen-bond acceptors (Lipinski definition) is 4. The molecule has 23 heavy (non-hydrogen) atoms. The molecule has 0 bridgehead atoms. The molecule has 1 aromatic rings. The normalized spacial score (nSPS) is 22.9. The minimum absolute atomic E-state index is 0.114. The number of para-hydroxylation sites is 1. The van der Waals surface area contributed by atoms with Gasteiger partial charge in [0, 0.05) is 39.0 Å². The summed E-state index contributed by atoms with van der Waals surface area (Å²) < 4.78 is 11.8. The topological polar surface area (TPSA) is 50.8 Å². The maximum absolute atomic E-state index is 12.4. The molecule has 2 aliphatic rings. The molecule has 1 N–H and O–H groups in total. The van der Waals surface area contributed by atoms with Gasteiger partial charge in [-0.15, -0.1) is 0 Å². The van der Waals surface area contributed by atoms with E-state index < -0.39 is 0 Å². The zero-order chi connectivity index (χ0) is 16.2. The Morgan fingerprint density at radius 2 is 1.96 bits per heavy atom. The molecule has 0 saturated carbocycles. The second-order valence-electron chi connectivity index (χ2n) is 6.43. The Morgan fingerprint density at radius 3 is 2.57 bits per heavy atom. The number of morpholine rings is 1. The molecule has 5 heteroatoms. The number of benzene rings is 1. The van der Waals surface area contributed by atoms with Gasteiger partial charge < -0.3 is 19.7 Å². The van der Waals surface area contributed by atoms with Crippen molar-refractivity contribution < 1.29 is 14.3 Å². The van der Waals surface area contributed by atoms with E-state index in [1.165, 1.54) is 11.1 Å². The van der Waals surface area contributed by atoms with Crippen molar-refractivity contribution in [3.8, 4) is 5.75 Å². The van der Waals surface area contributed by atoms with Crippen molar-refractivity contribution in [3.05, 3.63) is 29.3 Å². The van der Waals surface area contributed by atoms with E-state index >= 15 is 0 Å². The lowest BCUT2D eigenvalue weighted by atomic mass is 10.1. The van der Waals surface area contributed by atoms with Crippen LogP contribution in [0.15, 0.2) is 18.2 Å². The van der Waals surface area contributed by atoms with Crippen LogP contribution in [0, 0.1) is 13.8 Å². The quantitative estimate of drug-likeness (QED) is 0.921. The van der Waals surface area contributed by atoms with E-state index in [-0.39, 0.29) is 18.1 Å². The second kappa shape index (κ2) is 7.32. The minimum Gasteiger partial charge on any atom is -0.490 e. The van der Waals surface area contributed by atoms with Crippen molar-refractivity contribution in [2.45, 2.75) is 38.9 Å². The Kier molecular flexibility index (Phi) is 5.18. The number of nitrogens with zero attached hydrogens (tertiary/aromatic N) is 1. The van der Waals surface area contributed by atoms with Gasteiger partial charge in [-0.05, 0) is 25.0 Å². The van der Waals surface area contributed by atoms with E-state index in [9.17, 15) is 4.79 Å². The first-order valence-electron chi connectivity index (χ1n) is 8.49. The standard InChI is InChI=1S/C18H26N2O3/c1-13-4-3-5-14(2)17(13)23-15-6-9-20(10-7-15)18(21)16-12-19-8-11-22-16/h3-5,15-16,19H,6-12H2,1-2H3/t16-/m1/s1. The molecule has 1 amide bonds. The fourth-order valence-electron chi connectivity index (χ4n) is 3.27. The third-order valence-electron chi connectivity index (χ3n) is 4.65. The lowest BCUT2D eigenvalue weighted by Gasteiger charge is -2.35. The molecular weight excluding hydrogens is 292 g/mol. The Labute approximate surface area is 137 Å². The maximum Gasteiger partial charge on any atom is 0.253 e. The van der Waals surface area contributed by atoms with Crippen LogP contribution in [0.5, 0.6) is 5.75 Å². The smallest absolute Gasteiger partial charge is 0.253 e. The summed E-state index contributed by atoms with van der Waals surface area (Å²) in [6, 6.07) is 6.21. The van der Waals surface area contributed by atoms with E-state index in [1.54, 1.807) is 0 Å². The first-order chi connectivity index (χ1) is 11.1. The van der Waals surface area contributed by atoms with Gasteiger partial charge in [0.1, 0.15) is 18.0 Å². The third kappa shape index (κ3) is 3.85. The van der Waals surface area contributed by atoms with Crippen molar-refractivity contribution in [1.29, 1.82) is 0 Å². The van der Waals surface area contributed by atoms with E-state index in [2.05, 4.69) is 37.4 Å². The number of aryl methyl sites for hydroxylation is 2. The molecule has 0 aromatic heterocycles. The summed E-state index contributed by atoms with van der Waals surface area (Å²) in [4.78, 5) is 14.4. The molecule has 126 valence electrons. The lowest BCUT2D eigenvalue weighted by molar-refractivity contribution is -0.147. The van der Waals surface area contributed by atoms with Crippen molar-refractivity contribution in [2.75, 3.05) is 32.8 Å². The summed E-state index contributed by atoms with van der Waals surface area (Å²) in [5.41, 5.74) is 2.34. The Morgan fingerprint density at radius 1 is 1.26 bits per heavy atom. The molecule has 1 aromatic carbocycles.